The Morgan fingerprint density at radius 2 is 2.09 bits per heavy atom. The summed E-state index contributed by atoms with van der Waals surface area (Å²) in [6, 6.07) is 6.88. The predicted octanol–water partition coefficient (Wildman–Crippen LogP) is 2.65. The van der Waals surface area contributed by atoms with E-state index in [1.165, 1.54) is 18.2 Å². The van der Waals surface area contributed by atoms with E-state index < -0.39 is 6.10 Å². The Labute approximate surface area is 192 Å². The fraction of sp³-hybridized carbons (Fsp3) is 0.500. The van der Waals surface area contributed by atoms with Gasteiger partial charge in [-0.2, -0.15) is 0 Å². The Kier molecular flexibility index (Phi) is 6.24. The van der Waals surface area contributed by atoms with Gasteiger partial charge in [0.2, 0.25) is 5.88 Å². The van der Waals surface area contributed by atoms with E-state index in [1.807, 2.05) is 0 Å². The van der Waals surface area contributed by atoms with Gasteiger partial charge in [0, 0.05) is 30.9 Å². The molecule has 3 aliphatic rings. The topological polar surface area (TPSA) is 99.6 Å². The van der Waals surface area contributed by atoms with Crippen molar-refractivity contribution in [3.63, 3.8) is 0 Å². The molecule has 2 aliphatic heterocycles. The molecule has 1 aliphatic carbocycles. The van der Waals surface area contributed by atoms with Crippen molar-refractivity contribution in [2.75, 3.05) is 45.2 Å². The van der Waals surface area contributed by atoms with E-state index in [9.17, 15) is 9.90 Å². The van der Waals surface area contributed by atoms with E-state index in [-0.39, 0.29) is 19.2 Å². The minimum atomic E-state index is -0.476. The number of rotatable bonds is 9. The first-order valence-electron chi connectivity index (χ1n) is 11.3. The molecule has 1 aromatic heterocycles. The van der Waals surface area contributed by atoms with Crippen molar-refractivity contribution < 1.29 is 33.6 Å². The van der Waals surface area contributed by atoms with Gasteiger partial charge in [0.25, 0.3) is 5.91 Å². The van der Waals surface area contributed by atoms with E-state index in [4.69, 9.17) is 23.7 Å². The maximum Gasteiger partial charge on any atom is 0.266 e. The number of amides is 1. The fourth-order valence-electron chi connectivity index (χ4n) is 3.96. The number of hydrogen-bond donors (Lipinski definition) is 1. The molecule has 2 aromatic rings. The number of aliphatic hydroxyl groups is 1. The smallest absolute Gasteiger partial charge is 0.266 e. The summed E-state index contributed by atoms with van der Waals surface area (Å²) in [7, 11) is 1.54. The van der Waals surface area contributed by atoms with Gasteiger partial charge in [0.05, 0.1) is 32.1 Å². The summed E-state index contributed by atoms with van der Waals surface area (Å²) < 4.78 is 28.2. The minimum absolute atomic E-state index is 0.0511. The van der Waals surface area contributed by atoms with Crippen molar-refractivity contribution in [2.24, 2.45) is 11.8 Å². The standard InChI is InChI=1S/C24H28N2O7/c1-29-22-8-17(4-5-20(22)31-13-19(27)16-2-3-16)26-14-33-21-9-23(25-10-18(21)24(26)28)32-12-15-6-7-30-11-15/h4-5,8-10,15-16,19,27H,2-3,6-7,11-14H2,1H3/t15?,19-/m0/s1. The second-order valence-electron chi connectivity index (χ2n) is 8.62. The molecule has 0 bridgehead atoms. The van der Waals surface area contributed by atoms with Crippen LogP contribution >= 0.6 is 0 Å². The largest absolute Gasteiger partial charge is 0.493 e. The summed E-state index contributed by atoms with van der Waals surface area (Å²) in [6.07, 6.45) is 4.06. The van der Waals surface area contributed by atoms with E-state index in [1.54, 1.807) is 24.3 Å². The van der Waals surface area contributed by atoms with Crippen LogP contribution in [0.25, 0.3) is 0 Å². The number of ether oxygens (including phenoxy) is 5. The molecule has 1 aromatic carbocycles. The number of fused-ring (bicyclic) bond motifs is 1. The first-order chi connectivity index (χ1) is 16.1. The molecule has 1 amide bonds. The molecular formula is C24H28N2O7. The van der Waals surface area contributed by atoms with E-state index in [2.05, 4.69) is 4.98 Å². The Balaban J connectivity index is 1.26. The van der Waals surface area contributed by atoms with Gasteiger partial charge in [-0.25, -0.2) is 4.98 Å². The fourth-order valence-corrected chi connectivity index (χ4v) is 3.96. The maximum atomic E-state index is 13.1. The molecule has 1 saturated carbocycles. The third kappa shape index (κ3) is 4.84. The average molecular weight is 456 g/mol. The van der Waals surface area contributed by atoms with Gasteiger partial charge in [0.1, 0.15) is 17.9 Å². The van der Waals surface area contributed by atoms with Gasteiger partial charge in [-0.1, -0.05) is 0 Å². The van der Waals surface area contributed by atoms with Crippen LogP contribution in [-0.4, -0.2) is 62.4 Å². The Morgan fingerprint density at radius 3 is 2.85 bits per heavy atom. The average Bonchev–Trinajstić information content (AvgIpc) is 3.57. The van der Waals surface area contributed by atoms with Crippen molar-refractivity contribution >= 4 is 11.6 Å². The second-order valence-corrected chi connectivity index (χ2v) is 8.62. The first kappa shape index (κ1) is 21.8. The van der Waals surface area contributed by atoms with Gasteiger partial charge in [-0.15, -0.1) is 0 Å². The molecule has 3 heterocycles. The summed E-state index contributed by atoms with van der Waals surface area (Å²) in [5, 5.41) is 10.1. The Hall–Kier alpha value is -3.04. The van der Waals surface area contributed by atoms with Crippen LogP contribution in [0, 0.1) is 11.8 Å². The Bertz CT molecular complexity index is 1000. The van der Waals surface area contributed by atoms with Crippen molar-refractivity contribution in [1.29, 1.82) is 0 Å². The number of carbonyl (C=O) groups excluding carboxylic acids is 1. The van der Waals surface area contributed by atoms with Crippen molar-refractivity contribution in [3.8, 4) is 23.1 Å². The number of hydrogen-bond acceptors (Lipinski definition) is 8. The third-order valence-corrected chi connectivity index (χ3v) is 6.19. The molecule has 9 heteroatoms. The van der Waals surface area contributed by atoms with Crippen LogP contribution in [0.1, 0.15) is 29.6 Å². The molecule has 5 rings (SSSR count). The highest BCUT2D eigenvalue weighted by Crippen LogP contribution is 2.37. The van der Waals surface area contributed by atoms with Crippen LogP contribution in [0.3, 0.4) is 0 Å². The highest BCUT2D eigenvalue weighted by molar-refractivity contribution is 6.08. The second kappa shape index (κ2) is 9.44. The number of benzene rings is 1. The monoisotopic (exact) mass is 456 g/mol. The van der Waals surface area contributed by atoms with Gasteiger partial charge >= 0.3 is 0 Å². The maximum absolute atomic E-state index is 13.1. The lowest BCUT2D eigenvalue weighted by atomic mass is 10.1. The van der Waals surface area contributed by atoms with Crippen molar-refractivity contribution in [3.05, 3.63) is 36.0 Å². The van der Waals surface area contributed by atoms with Crippen LogP contribution in [-0.2, 0) is 4.74 Å². The lowest BCUT2D eigenvalue weighted by Crippen LogP contribution is -2.38. The zero-order chi connectivity index (χ0) is 22.8. The number of aromatic nitrogens is 1. The number of methoxy groups -OCH3 is 1. The van der Waals surface area contributed by atoms with Crippen molar-refractivity contribution in [2.45, 2.75) is 25.4 Å². The minimum Gasteiger partial charge on any atom is -0.493 e. The van der Waals surface area contributed by atoms with Gasteiger partial charge in [-0.05, 0) is 37.3 Å². The van der Waals surface area contributed by atoms with E-state index in [0.29, 0.717) is 59.4 Å². The zero-order valence-corrected chi connectivity index (χ0v) is 18.6. The third-order valence-electron chi connectivity index (χ3n) is 6.19. The molecule has 0 spiro atoms. The van der Waals surface area contributed by atoms with Gasteiger partial charge in [-0.3, -0.25) is 9.69 Å². The zero-order valence-electron chi connectivity index (χ0n) is 18.6. The molecular weight excluding hydrogens is 428 g/mol. The predicted molar refractivity (Wildman–Crippen MR) is 118 cm³/mol. The van der Waals surface area contributed by atoms with Crippen LogP contribution in [0.2, 0.25) is 0 Å². The molecule has 1 unspecified atom stereocenters. The Morgan fingerprint density at radius 1 is 1.21 bits per heavy atom. The highest BCUT2D eigenvalue weighted by atomic mass is 16.5. The first-order valence-corrected chi connectivity index (χ1v) is 11.3. The quantitative estimate of drug-likeness (QED) is 0.615. The summed E-state index contributed by atoms with van der Waals surface area (Å²) in [5.74, 6) is 2.34. The highest BCUT2D eigenvalue weighted by Gasteiger charge is 2.31. The molecule has 0 radical (unpaired) electrons. The van der Waals surface area contributed by atoms with Crippen LogP contribution in [0.5, 0.6) is 23.1 Å². The van der Waals surface area contributed by atoms with Gasteiger partial charge in [0.15, 0.2) is 18.2 Å². The number of aliphatic hydroxyl groups excluding tert-OH is 1. The molecule has 176 valence electrons. The number of nitrogens with zero attached hydrogens (tertiary/aromatic N) is 2. The molecule has 2 fully saturated rings. The number of pyridine rings is 1. The molecule has 9 nitrogen and oxygen atoms in total. The molecule has 33 heavy (non-hydrogen) atoms. The number of carbonyl (C=O) groups is 1. The SMILES string of the molecule is COc1cc(N2COc3cc(OCC4CCOC4)ncc3C2=O)ccc1OC[C@H](O)C1CC1. The van der Waals surface area contributed by atoms with Crippen LogP contribution in [0.4, 0.5) is 5.69 Å². The lowest BCUT2D eigenvalue weighted by Gasteiger charge is -2.29. The summed E-state index contributed by atoms with van der Waals surface area (Å²) in [6.45, 7) is 2.25. The lowest BCUT2D eigenvalue weighted by molar-refractivity contribution is 0.0879. The number of anilines is 1. The molecule has 1 N–H and O–H groups in total. The normalized spacial score (nSPS) is 20.7. The van der Waals surface area contributed by atoms with Crippen molar-refractivity contribution in [1.82, 2.24) is 4.98 Å². The summed E-state index contributed by atoms with van der Waals surface area (Å²) >= 11 is 0. The van der Waals surface area contributed by atoms with E-state index >= 15 is 0 Å². The van der Waals surface area contributed by atoms with Crippen LogP contribution < -0.4 is 23.8 Å². The summed E-state index contributed by atoms with van der Waals surface area (Å²) in [4.78, 5) is 18.9. The molecule has 2 atom stereocenters. The molecule has 1 saturated heterocycles. The van der Waals surface area contributed by atoms with Crippen LogP contribution in [0.15, 0.2) is 30.5 Å². The van der Waals surface area contributed by atoms with Gasteiger partial charge < -0.3 is 28.8 Å². The van der Waals surface area contributed by atoms with E-state index in [0.717, 1.165) is 25.9 Å². The summed E-state index contributed by atoms with van der Waals surface area (Å²) in [5.41, 5.74) is 0.976.